The van der Waals surface area contributed by atoms with Gasteiger partial charge in [-0.2, -0.15) is 0 Å². The molecule has 1 aromatic heterocycles. The molecule has 1 heterocycles. The zero-order chi connectivity index (χ0) is 18.7. The van der Waals surface area contributed by atoms with E-state index in [2.05, 4.69) is 49.6 Å². The van der Waals surface area contributed by atoms with Gasteiger partial charge in [-0.1, -0.05) is 12.1 Å². The number of unbranched alkanes of at least 4 members (excludes halogenated alkanes) is 1. The molecule has 4 nitrogen and oxygen atoms in total. The summed E-state index contributed by atoms with van der Waals surface area (Å²) in [6.45, 7) is 9.98. The Morgan fingerprint density at radius 3 is 2.58 bits per heavy atom. The topological polar surface area (TPSA) is 53.1 Å². The highest BCUT2D eigenvalue weighted by Crippen LogP contribution is 2.24. The average Bonchev–Trinajstić information content (AvgIpc) is 2.93. The van der Waals surface area contributed by atoms with Gasteiger partial charge in [-0.25, -0.2) is 4.98 Å². The molecule has 0 fully saturated rings. The molecular formula is C22H29N3O. The number of fused-ring (bicyclic) bond motifs is 1. The van der Waals surface area contributed by atoms with Crippen LogP contribution in [0.5, 0.6) is 5.75 Å². The maximum atomic E-state index is 6.17. The first-order chi connectivity index (χ1) is 12.5. The van der Waals surface area contributed by atoms with E-state index in [9.17, 15) is 0 Å². The lowest BCUT2D eigenvalue weighted by atomic mass is 10.1. The van der Waals surface area contributed by atoms with Gasteiger partial charge in [0.25, 0.3) is 0 Å². The van der Waals surface area contributed by atoms with Crippen LogP contribution in [0.15, 0.2) is 36.4 Å². The molecule has 0 amide bonds. The van der Waals surface area contributed by atoms with E-state index in [0.29, 0.717) is 0 Å². The van der Waals surface area contributed by atoms with Crippen molar-refractivity contribution in [2.75, 3.05) is 6.61 Å². The van der Waals surface area contributed by atoms with Crippen LogP contribution < -0.4 is 10.5 Å². The third-order valence-corrected chi connectivity index (χ3v) is 4.83. The zero-order valence-corrected chi connectivity index (χ0v) is 16.2. The highest BCUT2D eigenvalue weighted by Gasteiger charge is 2.14. The lowest BCUT2D eigenvalue weighted by molar-refractivity contribution is 0.303. The molecule has 3 aromatic rings. The van der Waals surface area contributed by atoms with E-state index in [1.807, 2.05) is 19.1 Å². The summed E-state index contributed by atoms with van der Waals surface area (Å²) in [5, 5.41) is 0. The van der Waals surface area contributed by atoms with Crippen molar-refractivity contribution in [3.05, 3.63) is 58.9 Å². The molecule has 0 saturated heterocycles. The van der Waals surface area contributed by atoms with Crippen LogP contribution in [0.2, 0.25) is 0 Å². The normalized spacial score (nSPS) is 12.5. The standard InChI is InChI=1S/C22H29N3O/c1-15-8-7-9-19(12-15)26-11-6-5-10-25-21-14-17(3)16(2)13-20(21)24-22(25)18(4)23/h7-9,12-14,18H,5-6,10-11,23H2,1-4H3. The van der Waals surface area contributed by atoms with Crippen LogP contribution in [0.3, 0.4) is 0 Å². The summed E-state index contributed by atoms with van der Waals surface area (Å²) in [7, 11) is 0. The predicted molar refractivity (Wildman–Crippen MR) is 108 cm³/mol. The molecule has 3 rings (SSSR count). The number of nitrogens with two attached hydrogens (primary N) is 1. The van der Waals surface area contributed by atoms with E-state index in [-0.39, 0.29) is 6.04 Å². The highest BCUT2D eigenvalue weighted by atomic mass is 16.5. The van der Waals surface area contributed by atoms with Crippen molar-refractivity contribution in [2.45, 2.75) is 53.1 Å². The van der Waals surface area contributed by atoms with Crippen LogP contribution in [0.1, 0.15) is 48.3 Å². The van der Waals surface area contributed by atoms with Gasteiger partial charge in [0.05, 0.1) is 23.7 Å². The molecule has 1 unspecified atom stereocenters. The molecule has 0 bridgehead atoms. The average molecular weight is 351 g/mol. The largest absolute Gasteiger partial charge is 0.494 e. The van der Waals surface area contributed by atoms with Crippen molar-refractivity contribution in [2.24, 2.45) is 5.73 Å². The molecule has 1 atom stereocenters. The smallest absolute Gasteiger partial charge is 0.126 e. The number of ether oxygens (including phenoxy) is 1. The molecule has 0 spiro atoms. The molecule has 138 valence electrons. The van der Waals surface area contributed by atoms with Crippen molar-refractivity contribution in [3.8, 4) is 5.75 Å². The van der Waals surface area contributed by atoms with Crippen LogP contribution in [0.25, 0.3) is 11.0 Å². The number of imidazole rings is 1. The monoisotopic (exact) mass is 351 g/mol. The van der Waals surface area contributed by atoms with E-state index in [1.165, 1.54) is 22.2 Å². The Morgan fingerprint density at radius 2 is 1.85 bits per heavy atom. The third-order valence-electron chi connectivity index (χ3n) is 4.83. The van der Waals surface area contributed by atoms with E-state index < -0.39 is 0 Å². The fraction of sp³-hybridized carbons (Fsp3) is 0.409. The molecule has 26 heavy (non-hydrogen) atoms. The van der Waals surface area contributed by atoms with Gasteiger partial charge in [0, 0.05) is 6.54 Å². The number of aryl methyl sites for hydroxylation is 4. The molecule has 0 aliphatic rings. The predicted octanol–water partition coefficient (Wildman–Crippen LogP) is 4.84. The van der Waals surface area contributed by atoms with E-state index in [1.54, 1.807) is 0 Å². The molecule has 2 aromatic carbocycles. The lowest BCUT2D eigenvalue weighted by Gasteiger charge is -2.12. The fourth-order valence-corrected chi connectivity index (χ4v) is 3.25. The maximum Gasteiger partial charge on any atom is 0.126 e. The van der Waals surface area contributed by atoms with E-state index in [4.69, 9.17) is 15.5 Å². The van der Waals surface area contributed by atoms with Gasteiger partial charge >= 0.3 is 0 Å². The second kappa shape index (κ2) is 7.92. The Bertz CT molecular complexity index is 896. The van der Waals surface area contributed by atoms with E-state index >= 15 is 0 Å². The number of benzene rings is 2. The van der Waals surface area contributed by atoms with Crippen LogP contribution in [0, 0.1) is 20.8 Å². The molecule has 0 aliphatic heterocycles. The summed E-state index contributed by atoms with van der Waals surface area (Å²) in [6, 6.07) is 12.5. The first kappa shape index (κ1) is 18.5. The first-order valence-corrected chi connectivity index (χ1v) is 9.38. The Labute approximate surface area is 156 Å². The zero-order valence-electron chi connectivity index (χ0n) is 16.2. The van der Waals surface area contributed by atoms with Crippen LogP contribution in [0.4, 0.5) is 0 Å². The van der Waals surface area contributed by atoms with Crippen molar-refractivity contribution in [3.63, 3.8) is 0 Å². The summed E-state index contributed by atoms with van der Waals surface area (Å²) in [6.07, 6.45) is 2.03. The Hall–Kier alpha value is -2.33. The second-order valence-corrected chi connectivity index (χ2v) is 7.21. The van der Waals surface area contributed by atoms with Gasteiger partial charge in [0.15, 0.2) is 0 Å². The van der Waals surface area contributed by atoms with Crippen molar-refractivity contribution in [1.82, 2.24) is 9.55 Å². The van der Waals surface area contributed by atoms with Crippen molar-refractivity contribution < 1.29 is 4.74 Å². The summed E-state index contributed by atoms with van der Waals surface area (Å²) in [4.78, 5) is 4.78. The number of aromatic nitrogens is 2. The van der Waals surface area contributed by atoms with Crippen LogP contribution in [-0.4, -0.2) is 16.2 Å². The molecule has 2 N–H and O–H groups in total. The maximum absolute atomic E-state index is 6.17. The van der Waals surface area contributed by atoms with Gasteiger partial charge < -0.3 is 15.0 Å². The third kappa shape index (κ3) is 4.07. The summed E-state index contributed by atoms with van der Waals surface area (Å²) < 4.78 is 8.13. The number of rotatable bonds is 7. The number of nitrogens with zero attached hydrogens (tertiary/aromatic N) is 2. The Balaban J connectivity index is 1.66. The minimum Gasteiger partial charge on any atom is -0.494 e. The van der Waals surface area contributed by atoms with E-state index in [0.717, 1.165) is 43.1 Å². The fourth-order valence-electron chi connectivity index (χ4n) is 3.25. The summed E-state index contributed by atoms with van der Waals surface area (Å²) in [5.74, 6) is 1.91. The number of hydrogen-bond donors (Lipinski definition) is 1. The minimum absolute atomic E-state index is 0.0773. The van der Waals surface area contributed by atoms with Gasteiger partial charge in [-0.15, -0.1) is 0 Å². The Morgan fingerprint density at radius 1 is 1.08 bits per heavy atom. The first-order valence-electron chi connectivity index (χ1n) is 9.38. The molecule has 0 radical (unpaired) electrons. The van der Waals surface area contributed by atoms with Crippen LogP contribution >= 0.6 is 0 Å². The molecule has 4 heteroatoms. The summed E-state index contributed by atoms with van der Waals surface area (Å²) in [5.41, 5.74) is 12.2. The molecule has 0 aliphatic carbocycles. The van der Waals surface area contributed by atoms with Gasteiger partial charge in [0.2, 0.25) is 0 Å². The lowest BCUT2D eigenvalue weighted by Crippen LogP contribution is -2.14. The molecular weight excluding hydrogens is 322 g/mol. The SMILES string of the molecule is Cc1cccc(OCCCCn2c(C(C)N)nc3cc(C)c(C)cc32)c1. The minimum atomic E-state index is -0.0773. The quantitative estimate of drug-likeness (QED) is 0.620. The second-order valence-electron chi connectivity index (χ2n) is 7.21. The Kier molecular flexibility index (Phi) is 5.62. The van der Waals surface area contributed by atoms with Crippen LogP contribution in [-0.2, 0) is 6.54 Å². The van der Waals surface area contributed by atoms with Gasteiger partial charge in [-0.3, -0.25) is 0 Å². The van der Waals surface area contributed by atoms with Gasteiger partial charge in [0.1, 0.15) is 11.6 Å². The number of hydrogen-bond acceptors (Lipinski definition) is 3. The molecule has 0 saturated carbocycles. The van der Waals surface area contributed by atoms with Crippen molar-refractivity contribution >= 4 is 11.0 Å². The van der Waals surface area contributed by atoms with Crippen molar-refractivity contribution in [1.29, 1.82) is 0 Å². The summed E-state index contributed by atoms with van der Waals surface area (Å²) >= 11 is 0. The highest BCUT2D eigenvalue weighted by molar-refractivity contribution is 5.78. The van der Waals surface area contributed by atoms with Gasteiger partial charge in [-0.05, 0) is 81.5 Å².